The summed E-state index contributed by atoms with van der Waals surface area (Å²) in [4.78, 5) is 69.1. The Morgan fingerprint density at radius 1 is 0.828 bits per heavy atom. The van der Waals surface area contributed by atoms with Crippen LogP contribution in [0.4, 0.5) is 0 Å². The number of primary amides is 1. The van der Waals surface area contributed by atoms with Gasteiger partial charge in [0.1, 0.15) is 18.1 Å². The predicted octanol–water partition coefficient (Wildman–Crippen LogP) is -3.12. The van der Waals surface area contributed by atoms with Gasteiger partial charge in [0.2, 0.25) is 23.6 Å². The molecule has 4 atom stereocenters. The fourth-order valence-electron chi connectivity index (χ4n) is 2.14. The van der Waals surface area contributed by atoms with Gasteiger partial charge in [0.05, 0.1) is 18.9 Å². The molecule has 0 aliphatic carbocycles. The summed E-state index contributed by atoms with van der Waals surface area (Å²) in [5.41, 5.74) is 10.5. The molecule has 13 nitrogen and oxygen atoms in total. The van der Waals surface area contributed by atoms with E-state index in [1.54, 1.807) is 13.8 Å². The van der Waals surface area contributed by atoms with Gasteiger partial charge < -0.3 is 37.6 Å². The van der Waals surface area contributed by atoms with Gasteiger partial charge in [-0.15, -0.1) is 0 Å². The van der Waals surface area contributed by atoms with Crippen LogP contribution in [-0.2, 0) is 28.8 Å². The monoisotopic (exact) mass is 417 g/mol. The number of amides is 4. The number of carboxylic acid groups (broad SMARTS) is 2. The lowest BCUT2D eigenvalue weighted by Crippen LogP contribution is -2.58. The molecule has 0 aromatic carbocycles. The van der Waals surface area contributed by atoms with Gasteiger partial charge in [0, 0.05) is 0 Å². The number of aliphatic carboxylic acids is 2. The Balaban J connectivity index is 5.02. The zero-order valence-corrected chi connectivity index (χ0v) is 16.3. The zero-order chi connectivity index (χ0) is 22.9. The lowest BCUT2D eigenvalue weighted by atomic mass is 10.0. The van der Waals surface area contributed by atoms with E-state index in [1.165, 1.54) is 6.92 Å². The van der Waals surface area contributed by atoms with Crippen LogP contribution in [0.3, 0.4) is 0 Å². The van der Waals surface area contributed by atoms with Crippen molar-refractivity contribution in [2.24, 2.45) is 17.4 Å². The van der Waals surface area contributed by atoms with Crippen molar-refractivity contribution in [2.75, 3.05) is 0 Å². The van der Waals surface area contributed by atoms with E-state index < -0.39 is 78.5 Å². The summed E-state index contributed by atoms with van der Waals surface area (Å²) in [6, 6.07) is -5.26. The SMILES string of the molecule is CC(NC(=O)C(NC(=O)C(N)CC(N)=O)C(C)C)C(=O)NC(CC(=O)O)C(=O)O. The lowest BCUT2D eigenvalue weighted by molar-refractivity contribution is -0.147. The van der Waals surface area contributed by atoms with E-state index in [1.807, 2.05) is 5.32 Å². The van der Waals surface area contributed by atoms with E-state index in [0.717, 1.165) is 0 Å². The van der Waals surface area contributed by atoms with Crippen LogP contribution >= 0.6 is 0 Å². The smallest absolute Gasteiger partial charge is 0.326 e. The van der Waals surface area contributed by atoms with E-state index in [9.17, 15) is 28.8 Å². The molecule has 164 valence electrons. The molecule has 0 rings (SSSR count). The van der Waals surface area contributed by atoms with E-state index in [2.05, 4.69) is 10.6 Å². The molecule has 0 fully saturated rings. The average molecular weight is 417 g/mol. The first-order valence-corrected chi connectivity index (χ1v) is 8.65. The second-order valence-electron chi connectivity index (χ2n) is 6.73. The number of nitrogens with one attached hydrogen (secondary N) is 3. The Bertz CT molecular complexity index is 666. The van der Waals surface area contributed by atoms with Crippen molar-refractivity contribution in [2.45, 2.75) is 57.8 Å². The topological polar surface area (TPSA) is 231 Å². The number of nitrogens with two attached hydrogens (primary N) is 2. The molecule has 0 saturated heterocycles. The molecule has 0 aliphatic rings. The highest BCUT2D eigenvalue weighted by molar-refractivity contribution is 5.95. The van der Waals surface area contributed by atoms with Crippen molar-refractivity contribution in [3.63, 3.8) is 0 Å². The van der Waals surface area contributed by atoms with Crippen molar-refractivity contribution in [3.8, 4) is 0 Å². The molecule has 4 unspecified atom stereocenters. The largest absolute Gasteiger partial charge is 0.481 e. The molecule has 0 aliphatic heterocycles. The molecular weight excluding hydrogens is 390 g/mol. The van der Waals surface area contributed by atoms with Gasteiger partial charge in [-0.3, -0.25) is 24.0 Å². The highest BCUT2D eigenvalue weighted by Crippen LogP contribution is 2.04. The van der Waals surface area contributed by atoms with E-state index in [4.69, 9.17) is 21.7 Å². The van der Waals surface area contributed by atoms with E-state index in [-0.39, 0.29) is 0 Å². The molecule has 13 heteroatoms. The van der Waals surface area contributed by atoms with Crippen LogP contribution in [0.5, 0.6) is 0 Å². The first-order valence-electron chi connectivity index (χ1n) is 8.65. The quantitative estimate of drug-likeness (QED) is 0.170. The fourth-order valence-corrected chi connectivity index (χ4v) is 2.14. The van der Waals surface area contributed by atoms with E-state index in [0.29, 0.717) is 0 Å². The third kappa shape index (κ3) is 9.51. The van der Waals surface area contributed by atoms with E-state index >= 15 is 0 Å². The van der Waals surface area contributed by atoms with Crippen molar-refractivity contribution in [3.05, 3.63) is 0 Å². The van der Waals surface area contributed by atoms with Crippen LogP contribution in [0.25, 0.3) is 0 Å². The molecule has 29 heavy (non-hydrogen) atoms. The van der Waals surface area contributed by atoms with Crippen molar-refractivity contribution in [1.82, 2.24) is 16.0 Å². The normalized spacial score (nSPS) is 14.8. The maximum absolute atomic E-state index is 12.4. The Kier molecular flexibility index (Phi) is 10.3. The first-order chi connectivity index (χ1) is 13.3. The average Bonchev–Trinajstić information content (AvgIpc) is 2.56. The molecule has 4 amide bonds. The maximum atomic E-state index is 12.4. The van der Waals surface area contributed by atoms with Gasteiger partial charge in [0.15, 0.2) is 0 Å². The molecule has 9 N–H and O–H groups in total. The van der Waals surface area contributed by atoms with Crippen molar-refractivity contribution >= 4 is 35.6 Å². The lowest BCUT2D eigenvalue weighted by Gasteiger charge is -2.25. The zero-order valence-electron chi connectivity index (χ0n) is 16.3. The standard InChI is InChI=1S/C16H27N5O8/c1-6(2)12(21-14(26)8(17)4-10(18)22)15(27)19-7(3)13(25)20-9(16(28)29)5-11(23)24/h6-9,12H,4-5,17H2,1-3H3,(H2,18,22)(H,19,27)(H,20,25)(H,21,26)(H,23,24)(H,28,29). The molecule has 0 bridgehead atoms. The Labute approximate surface area is 166 Å². The van der Waals surface area contributed by atoms with Crippen LogP contribution in [0.2, 0.25) is 0 Å². The first kappa shape index (κ1) is 25.8. The van der Waals surface area contributed by atoms with Gasteiger partial charge >= 0.3 is 11.9 Å². The van der Waals surface area contributed by atoms with Crippen molar-refractivity contribution < 1.29 is 39.0 Å². The molecule has 0 heterocycles. The third-order valence-electron chi connectivity index (χ3n) is 3.75. The molecule has 0 spiro atoms. The molecule has 0 radical (unpaired) electrons. The summed E-state index contributed by atoms with van der Waals surface area (Å²) in [5, 5.41) is 24.3. The number of carbonyl (C=O) groups excluding carboxylic acids is 4. The minimum Gasteiger partial charge on any atom is -0.481 e. The van der Waals surface area contributed by atoms with Gasteiger partial charge in [-0.25, -0.2) is 4.79 Å². The predicted molar refractivity (Wildman–Crippen MR) is 98.0 cm³/mol. The Morgan fingerprint density at radius 2 is 1.38 bits per heavy atom. The number of carbonyl (C=O) groups is 6. The summed E-state index contributed by atoms with van der Waals surface area (Å²) < 4.78 is 0. The number of carboxylic acids is 2. The summed E-state index contributed by atoms with van der Waals surface area (Å²) >= 11 is 0. The number of hydrogen-bond acceptors (Lipinski definition) is 7. The second kappa shape index (κ2) is 11.6. The minimum atomic E-state index is -1.67. The summed E-state index contributed by atoms with van der Waals surface area (Å²) in [6.45, 7) is 4.48. The number of hydrogen-bond donors (Lipinski definition) is 7. The van der Waals surface area contributed by atoms with Gasteiger partial charge in [0.25, 0.3) is 0 Å². The van der Waals surface area contributed by atoms with Crippen LogP contribution in [0, 0.1) is 5.92 Å². The third-order valence-corrected chi connectivity index (χ3v) is 3.75. The molecule has 0 aromatic rings. The minimum absolute atomic E-state index is 0.419. The summed E-state index contributed by atoms with van der Waals surface area (Å²) in [6.07, 6.45) is -1.26. The number of rotatable bonds is 12. The van der Waals surface area contributed by atoms with Crippen LogP contribution < -0.4 is 27.4 Å². The highest BCUT2D eigenvalue weighted by Gasteiger charge is 2.30. The maximum Gasteiger partial charge on any atom is 0.326 e. The second-order valence-corrected chi connectivity index (χ2v) is 6.73. The van der Waals surface area contributed by atoms with Gasteiger partial charge in [-0.1, -0.05) is 13.8 Å². The fraction of sp³-hybridized carbons (Fsp3) is 0.625. The summed E-state index contributed by atoms with van der Waals surface area (Å²) in [5.74, 6) is -6.66. The summed E-state index contributed by atoms with van der Waals surface area (Å²) in [7, 11) is 0. The van der Waals surface area contributed by atoms with Crippen LogP contribution in [0.15, 0.2) is 0 Å². The van der Waals surface area contributed by atoms with Crippen LogP contribution in [0.1, 0.15) is 33.6 Å². The molecule has 0 aromatic heterocycles. The van der Waals surface area contributed by atoms with Crippen molar-refractivity contribution in [1.29, 1.82) is 0 Å². The molecule has 0 saturated carbocycles. The molecular formula is C16H27N5O8. The Hall–Kier alpha value is -3.22. The Morgan fingerprint density at radius 3 is 1.79 bits per heavy atom. The van der Waals surface area contributed by atoms with Crippen LogP contribution in [-0.4, -0.2) is 69.9 Å². The van der Waals surface area contributed by atoms with Gasteiger partial charge in [-0.05, 0) is 12.8 Å². The highest BCUT2D eigenvalue weighted by atomic mass is 16.4. The van der Waals surface area contributed by atoms with Gasteiger partial charge in [-0.2, -0.15) is 0 Å².